The molecule has 28 heavy (non-hydrogen) atoms. The first-order valence-corrected chi connectivity index (χ1v) is 11.0. The van der Waals surface area contributed by atoms with E-state index >= 15 is 0 Å². The summed E-state index contributed by atoms with van der Waals surface area (Å²) in [7, 11) is 0. The Labute approximate surface area is 169 Å². The van der Waals surface area contributed by atoms with Gasteiger partial charge in [-0.1, -0.05) is 36.4 Å². The molecular weight excluding hydrogens is 366 g/mol. The highest BCUT2D eigenvalue weighted by atomic mass is 32.1. The van der Waals surface area contributed by atoms with E-state index in [0.717, 1.165) is 43.5 Å². The number of rotatable bonds is 3. The van der Waals surface area contributed by atoms with Gasteiger partial charge in [0.1, 0.15) is 16.4 Å². The average Bonchev–Trinajstić information content (AvgIpc) is 3.25. The van der Waals surface area contributed by atoms with Gasteiger partial charge >= 0.3 is 0 Å². The van der Waals surface area contributed by atoms with Crippen molar-refractivity contribution >= 4 is 11.3 Å². The lowest BCUT2D eigenvalue weighted by molar-refractivity contribution is -0.0558. The maximum Gasteiger partial charge on any atom is 0.124 e. The minimum atomic E-state index is -0.812. The van der Waals surface area contributed by atoms with Crippen molar-refractivity contribution in [1.29, 1.82) is 0 Å². The quantitative estimate of drug-likeness (QED) is 0.663. The smallest absolute Gasteiger partial charge is 0.124 e. The second-order valence-corrected chi connectivity index (χ2v) is 9.36. The van der Waals surface area contributed by atoms with Gasteiger partial charge in [-0.2, -0.15) is 0 Å². The molecule has 144 valence electrons. The summed E-state index contributed by atoms with van der Waals surface area (Å²) in [6.07, 6.45) is 7.18. The molecule has 2 aromatic carbocycles. The summed E-state index contributed by atoms with van der Waals surface area (Å²) in [5, 5.41) is 24.3. The summed E-state index contributed by atoms with van der Waals surface area (Å²) in [6.45, 7) is 0. The molecule has 0 saturated heterocycles. The maximum absolute atomic E-state index is 11.5. The van der Waals surface area contributed by atoms with Crippen molar-refractivity contribution in [2.24, 2.45) is 5.92 Å². The number of phenolic OH excluding ortho intramolecular Hbond substituents is 1. The Morgan fingerprint density at radius 3 is 2.75 bits per heavy atom. The predicted octanol–water partition coefficient (Wildman–Crippen LogP) is 4.96. The molecular formula is C24H25NO2S. The zero-order chi connectivity index (χ0) is 19.2. The minimum Gasteiger partial charge on any atom is -0.508 e. The molecule has 0 radical (unpaired) electrons. The molecule has 2 aliphatic carbocycles. The van der Waals surface area contributed by atoms with Crippen LogP contribution in [0, 0.1) is 5.92 Å². The van der Waals surface area contributed by atoms with E-state index in [0.29, 0.717) is 11.7 Å². The second kappa shape index (κ2) is 6.71. The zero-order valence-corrected chi connectivity index (χ0v) is 16.7. The monoisotopic (exact) mass is 391 g/mol. The molecule has 1 fully saturated rings. The molecule has 0 spiro atoms. The van der Waals surface area contributed by atoms with Crippen LogP contribution in [-0.4, -0.2) is 15.2 Å². The first-order chi connectivity index (χ1) is 13.6. The summed E-state index contributed by atoms with van der Waals surface area (Å²) in [4.78, 5) is 4.45. The minimum absolute atomic E-state index is 0.00608. The average molecular weight is 392 g/mol. The molecule has 5 rings (SSSR count). The van der Waals surface area contributed by atoms with E-state index in [1.165, 1.54) is 16.7 Å². The molecule has 3 atom stereocenters. The third-order valence-electron chi connectivity index (χ3n) is 6.93. The summed E-state index contributed by atoms with van der Waals surface area (Å²) in [5.74, 6) is 0.745. The summed E-state index contributed by atoms with van der Waals surface area (Å²) in [5.41, 5.74) is 3.17. The number of phenols is 1. The van der Waals surface area contributed by atoms with Gasteiger partial charge in [-0.15, -0.1) is 11.3 Å². The van der Waals surface area contributed by atoms with E-state index in [2.05, 4.69) is 41.4 Å². The number of aliphatic hydroxyl groups is 1. The SMILES string of the molecule is Oc1ccc2c(c1)CC[C@@H]1CC(O)(c3nccs3)CC[C@@]21Cc1ccccc1. The van der Waals surface area contributed by atoms with Gasteiger partial charge in [-0.25, -0.2) is 4.98 Å². The lowest BCUT2D eigenvalue weighted by atomic mass is 9.52. The largest absolute Gasteiger partial charge is 0.508 e. The lowest BCUT2D eigenvalue weighted by Crippen LogP contribution is -2.50. The number of fused-ring (bicyclic) bond motifs is 3. The van der Waals surface area contributed by atoms with Crippen LogP contribution in [-0.2, 0) is 23.9 Å². The number of aryl methyl sites for hydroxylation is 1. The van der Waals surface area contributed by atoms with Gasteiger partial charge in [0.25, 0.3) is 0 Å². The molecule has 2 aliphatic rings. The first kappa shape index (κ1) is 17.9. The van der Waals surface area contributed by atoms with Gasteiger partial charge < -0.3 is 10.2 Å². The van der Waals surface area contributed by atoms with Gasteiger partial charge in [-0.05, 0) is 73.3 Å². The van der Waals surface area contributed by atoms with E-state index in [9.17, 15) is 10.2 Å². The van der Waals surface area contributed by atoms with Crippen molar-refractivity contribution in [3.05, 3.63) is 81.8 Å². The van der Waals surface area contributed by atoms with Crippen molar-refractivity contribution in [2.45, 2.75) is 49.5 Å². The number of aromatic hydroxyl groups is 1. The van der Waals surface area contributed by atoms with Crippen molar-refractivity contribution in [3.8, 4) is 5.75 Å². The van der Waals surface area contributed by atoms with Crippen LogP contribution in [0.15, 0.2) is 60.1 Å². The number of aromatic nitrogens is 1. The molecule has 0 aliphatic heterocycles. The van der Waals surface area contributed by atoms with E-state index in [1.807, 2.05) is 17.5 Å². The van der Waals surface area contributed by atoms with Crippen LogP contribution in [0.3, 0.4) is 0 Å². The van der Waals surface area contributed by atoms with Crippen LogP contribution in [0.1, 0.15) is 47.4 Å². The van der Waals surface area contributed by atoms with E-state index in [1.54, 1.807) is 17.5 Å². The van der Waals surface area contributed by atoms with Crippen LogP contribution in [0.5, 0.6) is 5.75 Å². The fraction of sp³-hybridized carbons (Fsp3) is 0.375. The number of thiazole rings is 1. The maximum atomic E-state index is 11.5. The number of hydrogen-bond acceptors (Lipinski definition) is 4. The van der Waals surface area contributed by atoms with E-state index in [-0.39, 0.29) is 5.41 Å². The molecule has 4 heteroatoms. The Bertz CT molecular complexity index is 972. The number of hydrogen-bond donors (Lipinski definition) is 2. The highest BCUT2D eigenvalue weighted by Gasteiger charge is 2.52. The van der Waals surface area contributed by atoms with Gasteiger partial charge in [0.15, 0.2) is 0 Å². The third kappa shape index (κ3) is 2.87. The molecule has 3 aromatic rings. The molecule has 1 unspecified atom stereocenters. The van der Waals surface area contributed by atoms with Crippen molar-refractivity contribution < 1.29 is 10.2 Å². The van der Waals surface area contributed by atoms with E-state index < -0.39 is 5.60 Å². The Kier molecular flexibility index (Phi) is 4.29. The molecule has 3 nitrogen and oxygen atoms in total. The predicted molar refractivity (Wildman–Crippen MR) is 112 cm³/mol. The Morgan fingerprint density at radius 1 is 1.11 bits per heavy atom. The van der Waals surface area contributed by atoms with Crippen molar-refractivity contribution in [3.63, 3.8) is 0 Å². The summed E-state index contributed by atoms with van der Waals surface area (Å²) < 4.78 is 0. The van der Waals surface area contributed by atoms with E-state index in [4.69, 9.17) is 0 Å². The molecule has 0 amide bonds. The van der Waals surface area contributed by atoms with Gasteiger partial charge in [0.2, 0.25) is 0 Å². The normalized spacial score (nSPS) is 29.1. The van der Waals surface area contributed by atoms with Crippen LogP contribution in [0.25, 0.3) is 0 Å². The second-order valence-electron chi connectivity index (χ2n) is 8.47. The molecule has 2 N–H and O–H groups in total. The number of benzene rings is 2. The Balaban J connectivity index is 1.58. The molecule has 1 heterocycles. The molecule has 1 saturated carbocycles. The highest BCUT2D eigenvalue weighted by Crippen LogP contribution is 2.56. The Hall–Kier alpha value is -2.17. The van der Waals surface area contributed by atoms with Crippen LogP contribution in [0.2, 0.25) is 0 Å². The molecule has 1 aromatic heterocycles. The standard InChI is InChI=1S/C24H25NO2S/c26-20-8-9-21-18(14-20)6-7-19-16-24(27,22-25-12-13-28-22)11-10-23(19,21)15-17-4-2-1-3-5-17/h1-5,8-9,12-14,19,26-27H,6-7,10-11,15-16H2/t19-,23+,24?/m1/s1. The highest BCUT2D eigenvalue weighted by molar-refractivity contribution is 7.09. The van der Waals surface area contributed by atoms with Crippen molar-refractivity contribution in [1.82, 2.24) is 4.98 Å². The van der Waals surface area contributed by atoms with Crippen LogP contribution < -0.4 is 0 Å². The fourth-order valence-electron chi connectivity index (χ4n) is 5.61. The lowest BCUT2D eigenvalue weighted by Gasteiger charge is -2.53. The van der Waals surface area contributed by atoms with Crippen molar-refractivity contribution in [2.75, 3.05) is 0 Å². The topological polar surface area (TPSA) is 53.4 Å². The van der Waals surface area contributed by atoms with Crippen LogP contribution >= 0.6 is 11.3 Å². The van der Waals surface area contributed by atoms with Crippen LogP contribution in [0.4, 0.5) is 0 Å². The van der Waals surface area contributed by atoms with Gasteiger partial charge in [0, 0.05) is 17.0 Å². The summed E-state index contributed by atoms with van der Waals surface area (Å²) >= 11 is 1.56. The Morgan fingerprint density at radius 2 is 1.96 bits per heavy atom. The molecule has 0 bridgehead atoms. The zero-order valence-electron chi connectivity index (χ0n) is 15.8. The first-order valence-electron chi connectivity index (χ1n) is 10.1. The fourth-order valence-corrected chi connectivity index (χ4v) is 6.39. The summed E-state index contributed by atoms with van der Waals surface area (Å²) in [6, 6.07) is 16.6. The van der Waals surface area contributed by atoms with Gasteiger partial charge in [-0.3, -0.25) is 0 Å². The third-order valence-corrected chi connectivity index (χ3v) is 7.90. The number of nitrogens with zero attached hydrogens (tertiary/aromatic N) is 1. The van der Waals surface area contributed by atoms with Gasteiger partial charge in [0.05, 0.1) is 0 Å².